The van der Waals surface area contributed by atoms with Crippen LogP contribution in [0, 0.1) is 0 Å². The van der Waals surface area contributed by atoms with Crippen LogP contribution in [0.2, 0.25) is 5.02 Å². The minimum absolute atomic E-state index is 0.863. The number of benzene rings is 3. The van der Waals surface area contributed by atoms with Crippen molar-refractivity contribution in [2.45, 2.75) is 0 Å². The molecule has 0 saturated heterocycles. The smallest absolute Gasteiger partial charge is 0.0513 e. The number of fused-ring (bicyclic) bond motifs is 7. The van der Waals surface area contributed by atoms with Gasteiger partial charge in [0.1, 0.15) is 0 Å². The molecule has 0 atom stereocenters. The molecule has 0 aliphatic carbocycles. The Labute approximate surface area is 134 Å². The molecule has 3 aromatic carbocycles. The molecule has 3 heteroatoms. The van der Waals surface area contributed by atoms with Crippen molar-refractivity contribution in [3.8, 4) is 0 Å². The van der Waals surface area contributed by atoms with Gasteiger partial charge in [-0.3, -0.25) is 0 Å². The maximum atomic E-state index is 6.60. The number of hydrogen-bond donors (Lipinski definition) is 0. The van der Waals surface area contributed by atoms with Gasteiger partial charge in [-0.1, -0.05) is 48.0 Å². The molecule has 21 heavy (non-hydrogen) atoms. The zero-order valence-electron chi connectivity index (χ0n) is 10.9. The predicted octanol–water partition coefficient (Wildman–Crippen LogP) is 7.08. The fourth-order valence-electron chi connectivity index (χ4n) is 3.05. The molecule has 0 bridgehead atoms. The van der Waals surface area contributed by atoms with Gasteiger partial charge in [-0.2, -0.15) is 0 Å². The van der Waals surface area contributed by atoms with Crippen LogP contribution in [0.4, 0.5) is 0 Å². The first-order valence-electron chi connectivity index (χ1n) is 6.74. The molecule has 2 heterocycles. The summed E-state index contributed by atoms with van der Waals surface area (Å²) in [5.41, 5.74) is 0. The van der Waals surface area contributed by atoms with Crippen molar-refractivity contribution < 1.29 is 0 Å². The van der Waals surface area contributed by atoms with Gasteiger partial charge >= 0.3 is 0 Å². The summed E-state index contributed by atoms with van der Waals surface area (Å²) in [5, 5.41) is 6.02. The average Bonchev–Trinajstić information content (AvgIpc) is 3.04. The number of rotatable bonds is 0. The highest BCUT2D eigenvalue weighted by atomic mass is 35.5. The Morgan fingerprint density at radius 1 is 0.667 bits per heavy atom. The van der Waals surface area contributed by atoms with Crippen molar-refractivity contribution in [1.29, 1.82) is 0 Å². The first-order chi connectivity index (χ1) is 10.3. The maximum Gasteiger partial charge on any atom is 0.0513 e. The fraction of sp³-hybridized carbons (Fsp3) is 0. The third-order valence-corrected chi connectivity index (χ3v) is 6.55. The van der Waals surface area contributed by atoms with E-state index < -0.39 is 0 Å². The fourth-order valence-corrected chi connectivity index (χ4v) is 5.98. The summed E-state index contributed by atoms with van der Waals surface area (Å²) in [6.45, 7) is 0. The molecule has 0 aliphatic heterocycles. The Morgan fingerprint density at radius 2 is 1.29 bits per heavy atom. The minimum Gasteiger partial charge on any atom is -0.135 e. The van der Waals surface area contributed by atoms with Crippen LogP contribution < -0.4 is 0 Å². The summed E-state index contributed by atoms with van der Waals surface area (Å²) >= 11 is 10.3. The van der Waals surface area contributed by atoms with E-state index in [-0.39, 0.29) is 0 Å². The lowest BCUT2D eigenvalue weighted by Crippen LogP contribution is -1.71. The van der Waals surface area contributed by atoms with Gasteiger partial charge in [0.25, 0.3) is 0 Å². The van der Waals surface area contributed by atoms with E-state index in [0.717, 1.165) is 5.02 Å². The van der Waals surface area contributed by atoms with E-state index in [1.807, 2.05) is 22.7 Å². The van der Waals surface area contributed by atoms with Crippen LogP contribution in [0.15, 0.2) is 54.6 Å². The SMILES string of the molecule is Clc1cc2sc3ccccc3c2c2sc3ccccc3c12. The predicted molar refractivity (Wildman–Crippen MR) is 97.2 cm³/mol. The third-order valence-electron chi connectivity index (χ3n) is 3.94. The van der Waals surface area contributed by atoms with E-state index in [2.05, 4.69) is 54.6 Å². The Hall–Kier alpha value is -1.61. The first kappa shape index (κ1) is 12.0. The van der Waals surface area contributed by atoms with E-state index in [1.165, 1.54) is 40.3 Å². The quantitative estimate of drug-likeness (QED) is 0.285. The lowest BCUT2D eigenvalue weighted by molar-refractivity contribution is 1.86. The monoisotopic (exact) mass is 324 g/mol. The second-order valence-corrected chi connectivity index (χ2v) is 7.68. The molecule has 0 N–H and O–H groups in total. The van der Waals surface area contributed by atoms with E-state index in [4.69, 9.17) is 11.6 Å². The molecule has 0 aliphatic rings. The lowest BCUT2D eigenvalue weighted by atomic mass is 10.1. The molecule has 0 saturated carbocycles. The Kier molecular flexibility index (Phi) is 2.40. The van der Waals surface area contributed by atoms with Crippen LogP contribution >= 0.6 is 34.3 Å². The van der Waals surface area contributed by atoms with Crippen molar-refractivity contribution in [1.82, 2.24) is 0 Å². The van der Waals surface area contributed by atoms with Gasteiger partial charge in [0.2, 0.25) is 0 Å². The van der Waals surface area contributed by atoms with Crippen LogP contribution in [0.3, 0.4) is 0 Å². The van der Waals surface area contributed by atoms with Crippen LogP contribution in [0.5, 0.6) is 0 Å². The van der Waals surface area contributed by atoms with Crippen LogP contribution in [0.1, 0.15) is 0 Å². The second-order valence-electron chi connectivity index (χ2n) is 5.13. The molecule has 5 rings (SSSR count). The van der Waals surface area contributed by atoms with Gasteiger partial charge in [-0.15, -0.1) is 22.7 Å². The third kappa shape index (κ3) is 1.55. The van der Waals surface area contributed by atoms with E-state index in [1.54, 1.807) is 0 Å². The molecule has 0 radical (unpaired) electrons. The van der Waals surface area contributed by atoms with Crippen LogP contribution in [0.25, 0.3) is 40.3 Å². The van der Waals surface area contributed by atoms with Crippen LogP contribution in [-0.2, 0) is 0 Å². The highest BCUT2D eigenvalue weighted by molar-refractivity contribution is 7.30. The number of thiophene rings is 2. The van der Waals surface area contributed by atoms with E-state index in [9.17, 15) is 0 Å². The molecule has 2 aromatic heterocycles. The Morgan fingerprint density at radius 3 is 2.05 bits per heavy atom. The molecule has 0 spiro atoms. The molecule has 0 amide bonds. The van der Waals surface area contributed by atoms with Crippen LogP contribution in [-0.4, -0.2) is 0 Å². The summed E-state index contributed by atoms with van der Waals surface area (Å²) in [5.74, 6) is 0. The molecular formula is C18H9ClS2. The second kappa shape index (κ2) is 4.20. The lowest BCUT2D eigenvalue weighted by Gasteiger charge is -1.98. The molecule has 0 fully saturated rings. The zero-order valence-corrected chi connectivity index (χ0v) is 13.3. The highest BCUT2D eigenvalue weighted by Crippen LogP contribution is 2.47. The standard InChI is InChI=1S/C18H9ClS2/c19-12-9-15-17(11-6-2-3-7-13(11)20-15)18-16(12)10-5-1-4-8-14(10)21-18/h1-9H. The molecule has 0 unspecified atom stereocenters. The summed E-state index contributed by atoms with van der Waals surface area (Å²) < 4.78 is 5.22. The maximum absolute atomic E-state index is 6.60. The van der Waals surface area contributed by atoms with Gasteiger partial charge in [0.05, 0.1) is 5.02 Å². The Balaban J connectivity index is 2.17. The van der Waals surface area contributed by atoms with Crippen molar-refractivity contribution in [3.05, 3.63) is 59.6 Å². The highest BCUT2D eigenvalue weighted by Gasteiger charge is 2.15. The molecule has 100 valence electrons. The summed E-state index contributed by atoms with van der Waals surface area (Å²) in [6.07, 6.45) is 0. The van der Waals surface area contributed by atoms with Gasteiger partial charge < -0.3 is 0 Å². The zero-order chi connectivity index (χ0) is 14.0. The van der Waals surface area contributed by atoms with Crippen molar-refractivity contribution in [2.24, 2.45) is 0 Å². The van der Waals surface area contributed by atoms with Gasteiger partial charge in [0, 0.05) is 40.3 Å². The van der Waals surface area contributed by atoms with Gasteiger partial charge in [-0.25, -0.2) is 0 Å². The number of halogens is 1. The van der Waals surface area contributed by atoms with E-state index >= 15 is 0 Å². The average molecular weight is 325 g/mol. The normalized spacial score (nSPS) is 12.0. The largest absolute Gasteiger partial charge is 0.135 e. The summed E-state index contributed by atoms with van der Waals surface area (Å²) in [4.78, 5) is 0. The van der Waals surface area contributed by atoms with Crippen molar-refractivity contribution in [3.63, 3.8) is 0 Å². The molecule has 0 nitrogen and oxygen atoms in total. The minimum atomic E-state index is 0.863. The van der Waals surface area contributed by atoms with Crippen molar-refractivity contribution in [2.75, 3.05) is 0 Å². The van der Waals surface area contributed by atoms with Gasteiger partial charge in [-0.05, 0) is 18.2 Å². The number of hydrogen-bond acceptors (Lipinski definition) is 2. The molecular weight excluding hydrogens is 316 g/mol. The first-order valence-corrected chi connectivity index (χ1v) is 8.75. The summed E-state index contributed by atoms with van der Waals surface area (Å²) in [6, 6.07) is 19.3. The summed E-state index contributed by atoms with van der Waals surface area (Å²) in [7, 11) is 0. The van der Waals surface area contributed by atoms with Gasteiger partial charge in [0.15, 0.2) is 0 Å². The van der Waals surface area contributed by atoms with Crippen molar-refractivity contribution >= 4 is 74.6 Å². The molecule has 5 aromatic rings. The topological polar surface area (TPSA) is 0 Å². The Bertz CT molecular complexity index is 1150. The van der Waals surface area contributed by atoms with E-state index in [0.29, 0.717) is 0 Å².